The fraction of sp³-hybridized carbons (Fsp3) is 0.887. The monoisotopic (exact) mass is 1160 g/mol. The van der Waals surface area contributed by atoms with Gasteiger partial charge in [0.1, 0.15) is 24.4 Å². The Morgan fingerprint density at radius 3 is 1.17 bits per heavy atom. The van der Waals surface area contributed by atoms with E-state index in [1.54, 1.807) is 6.08 Å². The second-order valence-corrected chi connectivity index (χ2v) is 24.6. The van der Waals surface area contributed by atoms with Crippen LogP contribution in [0.25, 0.3) is 0 Å². The minimum atomic E-state index is -1.57. The molecule has 11 nitrogen and oxygen atoms in total. The normalized spacial score (nSPS) is 18.4. The number of unbranched alkanes of at least 4 members (excludes halogenated alkanes) is 44. The summed E-state index contributed by atoms with van der Waals surface area (Å²) in [5, 5.41) is 54.3. The van der Waals surface area contributed by atoms with E-state index in [4.69, 9.17) is 14.2 Å². The Labute approximate surface area is 504 Å². The van der Waals surface area contributed by atoms with Gasteiger partial charge in [-0.25, -0.2) is 0 Å². The lowest BCUT2D eigenvalue weighted by Crippen LogP contribution is -2.60. The summed E-state index contributed by atoms with van der Waals surface area (Å²) in [6, 6.07) is -0.808. The van der Waals surface area contributed by atoms with Crippen LogP contribution in [0.15, 0.2) is 36.5 Å². The third-order valence-corrected chi connectivity index (χ3v) is 16.7. The molecule has 1 fully saturated rings. The Morgan fingerprint density at radius 1 is 0.439 bits per heavy atom. The minimum absolute atomic E-state index is 0.000634. The maximum Gasteiger partial charge on any atom is 0.305 e. The predicted molar refractivity (Wildman–Crippen MR) is 343 cm³/mol. The van der Waals surface area contributed by atoms with E-state index in [0.29, 0.717) is 19.4 Å². The molecule has 1 amide bonds. The molecule has 7 atom stereocenters. The molecular formula is C71H133NO10. The van der Waals surface area contributed by atoms with Crippen molar-refractivity contribution in [3.63, 3.8) is 0 Å². The van der Waals surface area contributed by atoms with Crippen LogP contribution in [0.2, 0.25) is 0 Å². The van der Waals surface area contributed by atoms with Gasteiger partial charge in [-0.05, 0) is 83.5 Å². The fourth-order valence-corrected chi connectivity index (χ4v) is 11.1. The standard InChI is InChI=1S/C71H133NO10/c1-3-5-7-9-11-13-14-15-16-33-36-39-43-47-51-55-59-67(76)80-60-56-52-48-44-40-37-34-31-29-27-25-23-21-19-17-18-20-22-24-26-28-30-32-35-38-42-46-50-54-58-66(75)72-63(64(74)57-53-49-45-41-12-10-8-6-4-2)62-81-71-70(79)69(78)68(77)65(61-73)82-71/h16-17,19,33,53,57,63-65,68-71,73-74,77-79H,3-15,18,20-32,34-52,54-56,58-62H2,1-2H3,(H,72,75)/b19-17-,33-16-,57-53+. The van der Waals surface area contributed by atoms with E-state index in [1.165, 1.54) is 257 Å². The zero-order valence-electron chi connectivity index (χ0n) is 53.5. The Kier molecular flexibility index (Phi) is 57.5. The molecule has 1 heterocycles. The SMILES string of the molecule is CCCCCCCCC/C=C\CCCCCCCC(=O)OCCCCCCCCCCCCCC/C=C\CCCCCCCCCCCCCCCC(=O)NC(COC1OC(CO)C(O)C(O)C1O)C(O)/C=C/CCCCCCCCC. The second kappa shape index (κ2) is 60.6. The fourth-order valence-electron chi connectivity index (χ4n) is 11.1. The van der Waals surface area contributed by atoms with Crippen LogP contribution in [0.3, 0.4) is 0 Å². The molecule has 0 spiro atoms. The molecule has 6 N–H and O–H groups in total. The van der Waals surface area contributed by atoms with Crippen molar-refractivity contribution in [1.29, 1.82) is 0 Å². The molecule has 11 heteroatoms. The molecule has 7 unspecified atom stereocenters. The van der Waals surface area contributed by atoms with E-state index in [-0.39, 0.29) is 18.5 Å². The van der Waals surface area contributed by atoms with Gasteiger partial charge in [-0.15, -0.1) is 0 Å². The Morgan fingerprint density at radius 2 is 0.780 bits per heavy atom. The molecule has 482 valence electrons. The number of aliphatic hydroxyl groups excluding tert-OH is 5. The average Bonchev–Trinajstić information content (AvgIpc) is 3.64. The number of rotatable bonds is 62. The molecule has 0 saturated carbocycles. The summed E-state index contributed by atoms with van der Waals surface area (Å²) in [5.74, 6) is -0.181. The van der Waals surface area contributed by atoms with Gasteiger partial charge in [0.2, 0.25) is 5.91 Å². The summed E-state index contributed by atoms with van der Waals surface area (Å²) in [5.41, 5.74) is 0. The minimum Gasteiger partial charge on any atom is -0.466 e. The molecule has 1 aliphatic heterocycles. The van der Waals surface area contributed by atoms with Crippen LogP contribution in [-0.2, 0) is 23.8 Å². The van der Waals surface area contributed by atoms with Crippen LogP contribution < -0.4 is 5.32 Å². The van der Waals surface area contributed by atoms with Crippen molar-refractivity contribution in [3.8, 4) is 0 Å². The molecule has 1 aliphatic rings. The number of amides is 1. The summed E-state index contributed by atoms with van der Waals surface area (Å²) in [6.07, 6.45) is 67.2. The molecule has 0 radical (unpaired) electrons. The van der Waals surface area contributed by atoms with Crippen molar-refractivity contribution in [1.82, 2.24) is 5.32 Å². The number of allylic oxidation sites excluding steroid dienone is 5. The summed E-state index contributed by atoms with van der Waals surface area (Å²) in [6.45, 7) is 4.34. The van der Waals surface area contributed by atoms with Gasteiger partial charge in [0.25, 0.3) is 0 Å². The molecule has 1 rings (SSSR count). The lowest BCUT2D eigenvalue weighted by Gasteiger charge is -2.40. The molecular weight excluding hydrogens is 1030 g/mol. The van der Waals surface area contributed by atoms with Gasteiger partial charge in [-0.3, -0.25) is 9.59 Å². The Balaban J connectivity index is 1.92. The molecule has 82 heavy (non-hydrogen) atoms. The molecule has 0 aromatic rings. The van der Waals surface area contributed by atoms with E-state index in [0.717, 1.165) is 57.8 Å². The van der Waals surface area contributed by atoms with Gasteiger partial charge in [-0.2, -0.15) is 0 Å². The maximum atomic E-state index is 13.0. The van der Waals surface area contributed by atoms with Gasteiger partial charge in [-0.1, -0.05) is 281 Å². The third-order valence-electron chi connectivity index (χ3n) is 16.7. The molecule has 0 aliphatic carbocycles. The van der Waals surface area contributed by atoms with Crippen LogP contribution in [-0.4, -0.2) is 100 Å². The first kappa shape index (κ1) is 77.9. The predicted octanol–water partition coefficient (Wildman–Crippen LogP) is 17.8. The number of ether oxygens (including phenoxy) is 3. The van der Waals surface area contributed by atoms with Crippen molar-refractivity contribution in [2.45, 2.75) is 384 Å². The first-order valence-electron chi connectivity index (χ1n) is 35.3. The Bertz CT molecular complexity index is 1460. The van der Waals surface area contributed by atoms with Crippen LogP contribution in [0.4, 0.5) is 0 Å². The maximum absolute atomic E-state index is 13.0. The van der Waals surface area contributed by atoms with E-state index >= 15 is 0 Å². The second-order valence-electron chi connectivity index (χ2n) is 24.6. The number of esters is 1. The first-order valence-corrected chi connectivity index (χ1v) is 35.3. The highest BCUT2D eigenvalue weighted by molar-refractivity contribution is 5.76. The summed E-state index contributed by atoms with van der Waals surface area (Å²) in [4.78, 5) is 25.1. The number of hydrogen-bond donors (Lipinski definition) is 6. The van der Waals surface area contributed by atoms with Gasteiger partial charge in [0.05, 0.1) is 32.0 Å². The van der Waals surface area contributed by atoms with Gasteiger partial charge in [0.15, 0.2) is 6.29 Å². The molecule has 0 aromatic heterocycles. The van der Waals surface area contributed by atoms with Crippen molar-refractivity contribution in [2.24, 2.45) is 0 Å². The quantitative estimate of drug-likeness (QED) is 0.0195. The van der Waals surface area contributed by atoms with Crippen LogP contribution in [0.5, 0.6) is 0 Å². The smallest absolute Gasteiger partial charge is 0.305 e. The zero-order chi connectivity index (χ0) is 59.5. The zero-order valence-corrected chi connectivity index (χ0v) is 53.5. The van der Waals surface area contributed by atoms with Gasteiger partial charge in [0, 0.05) is 12.8 Å². The first-order chi connectivity index (χ1) is 40.2. The largest absolute Gasteiger partial charge is 0.466 e. The van der Waals surface area contributed by atoms with E-state index in [2.05, 4.69) is 43.5 Å². The number of hydrogen-bond acceptors (Lipinski definition) is 10. The lowest BCUT2D eigenvalue weighted by molar-refractivity contribution is -0.302. The highest BCUT2D eigenvalue weighted by Crippen LogP contribution is 2.23. The van der Waals surface area contributed by atoms with E-state index in [1.807, 2.05) is 6.08 Å². The number of carbonyl (C=O) groups is 2. The van der Waals surface area contributed by atoms with Crippen molar-refractivity contribution >= 4 is 11.9 Å². The van der Waals surface area contributed by atoms with E-state index in [9.17, 15) is 35.1 Å². The third kappa shape index (κ3) is 49.0. The van der Waals surface area contributed by atoms with Crippen molar-refractivity contribution in [3.05, 3.63) is 36.5 Å². The van der Waals surface area contributed by atoms with E-state index < -0.39 is 49.5 Å². The number of aliphatic hydroxyl groups is 5. The average molecular weight is 1160 g/mol. The number of carbonyl (C=O) groups excluding carboxylic acids is 2. The highest BCUT2D eigenvalue weighted by Gasteiger charge is 2.44. The molecule has 0 bridgehead atoms. The molecule has 0 aromatic carbocycles. The van der Waals surface area contributed by atoms with Crippen LogP contribution >= 0.6 is 0 Å². The molecule has 1 saturated heterocycles. The number of nitrogens with one attached hydrogen (secondary N) is 1. The summed E-state index contributed by atoms with van der Waals surface area (Å²) >= 11 is 0. The van der Waals surface area contributed by atoms with Crippen LogP contribution in [0.1, 0.15) is 341 Å². The summed E-state index contributed by atoms with van der Waals surface area (Å²) in [7, 11) is 0. The topological polar surface area (TPSA) is 175 Å². The van der Waals surface area contributed by atoms with Gasteiger partial charge >= 0.3 is 5.97 Å². The van der Waals surface area contributed by atoms with Gasteiger partial charge < -0.3 is 45.1 Å². The Hall–Kier alpha value is -2.12. The lowest BCUT2D eigenvalue weighted by atomic mass is 9.99. The van der Waals surface area contributed by atoms with Crippen molar-refractivity contribution < 1.29 is 49.3 Å². The van der Waals surface area contributed by atoms with Crippen molar-refractivity contribution in [2.75, 3.05) is 19.8 Å². The summed E-state index contributed by atoms with van der Waals surface area (Å²) < 4.78 is 16.7. The highest BCUT2D eigenvalue weighted by atomic mass is 16.7. The van der Waals surface area contributed by atoms with Crippen LogP contribution in [0, 0.1) is 0 Å².